The van der Waals surface area contributed by atoms with Crippen LogP contribution in [0.25, 0.3) is 0 Å². The second kappa shape index (κ2) is 4.92. The Morgan fingerprint density at radius 2 is 2.47 bits per heavy atom. The van der Waals surface area contributed by atoms with Crippen LogP contribution in [0.2, 0.25) is 0 Å². The zero-order valence-corrected chi connectivity index (χ0v) is 10.2. The maximum absolute atomic E-state index is 10.5. The molecule has 3 N–H and O–H groups in total. The predicted molar refractivity (Wildman–Crippen MR) is 61.3 cm³/mol. The van der Waals surface area contributed by atoms with Crippen molar-refractivity contribution in [1.29, 1.82) is 0 Å². The Hall–Kier alpha value is -1.28. The molecule has 1 aromatic heterocycles. The summed E-state index contributed by atoms with van der Waals surface area (Å²) >= 11 is 1.06. The number of carboxylic acids is 1. The minimum absolute atomic E-state index is 0.0765. The molecule has 0 radical (unpaired) electrons. The standard InChI is InChI=1S/C9H14N4O3S/c1-5-2-6(3-16-5)8-11-12-9(13(8)10)17-4-7(14)15/h5-6H,2-4,10H2,1H3,(H,14,15). The number of carbonyl (C=O) groups is 1. The van der Waals surface area contributed by atoms with Gasteiger partial charge in [-0.1, -0.05) is 11.8 Å². The van der Waals surface area contributed by atoms with Crippen LogP contribution < -0.4 is 5.84 Å². The van der Waals surface area contributed by atoms with Crippen LogP contribution in [0.1, 0.15) is 25.1 Å². The molecule has 0 spiro atoms. The van der Waals surface area contributed by atoms with Crippen molar-refractivity contribution in [2.24, 2.45) is 0 Å². The van der Waals surface area contributed by atoms with Crippen LogP contribution in [0.15, 0.2) is 5.16 Å². The fourth-order valence-corrected chi connectivity index (χ4v) is 2.37. The molecule has 2 rings (SSSR count). The molecule has 2 unspecified atom stereocenters. The van der Waals surface area contributed by atoms with E-state index in [4.69, 9.17) is 15.7 Å². The summed E-state index contributed by atoms with van der Waals surface area (Å²) in [5, 5.41) is 16.9. The maximum Gasteiger partial charge on any atom is 0.313 e. The Bertz CT molecular complexity index is 422. The van der Waals surface area contributed by atoms with E-state index in [2.05, 4.69) is 10.2 Å². The number of aromatic nitrogens is 3. The summed E-state index contributed by atoms with van der Waals surface area (Å²) in [5.41, 5.74) is 0. The van der Waals surface area contributed by atoms with Gasteiger partial charge in [-0.3, -0.25) is 4.79 Å². The lowest BCUT2D eigenvalue weighted by Crippen LogP contribution is -2.17. The monoisotopic (exact) mass is 258 g/mol. The molecule has 2 atom stereocenters. The SMILES string of the molecule is CC1CC(c2nnc(SCC(=O)O)n2N)CO1. The molecule has 1 aliphatic heterocycles. The number of carboxylic acid groups (broad SMARTS) is 1. The molecule has 17 heavy (non-hydrogen) atoms. The number of nitrogens with zero attached hydrogens (tertiary/aromatic N) is 3. The van der Waals surface area contributed by atoms with Crippen molar-refractivity contribution in [1.82, 2.24) is 14.9 Å². The van der Waals surface area contributed by atoms with Crippen molar-refractivity contribution in [3.8, 4) is 0 Å². The highest BCUT2D eigenvalue weighted by molar-refractivity contribution is 7.99. The van der Waals surface area contributed by atoms with E-state index in [0.29, 0.717) is 17.6 Å². The van der Waals surface area contributed by atoms with Gasteiger partial charge in [-0.2, -0.15) is 0 Å². The lowest BCUT2D eigenvalue weighted by molar-refractivity contribution is -0.133. The van der Waals surface area contributed by atoms with Gasteiger partial charge in [0, 0.05) is 5.92 Å². The van der Waals surface area contributed by atoms with Gasteiger partial charge in [-0.25, -0.2) is 4.68 Å². The largest absolute Gasteiger partial charge is 0.481 e. The van der Waals surface area contributed by atoms with Crippen LogP contribution in [-0.2, 0) is 9.53 Å². The van der Waals surface area contributed by atoms with Gasteiger partial charge in [-0.05, 0) is 13.3 Å². The summed E-state index contributed by atoms with van der Waals surface area (Å²) in [6.07, 6.45) is 1.06. The van der Waals surface area contributed by atoms with E-state index in [9.17, 15) is 4.79 Å². The Kier molecular flexibility index (Phi) is 3.53. The highest BCUT2D eigenvalue weighted by Gasteiger charge is 2.28. The summed E-state index contributed by atoms with van der Waals surface area (Å²) in [4.78, 5) is 10.5. The maximum atomic E-state index is 10.5. The highest BCUT2D eigenvalue weighted by atomic mass is 32.2. The minimum Gasteiger partial charge on any atom is -0.481 e. The number of hydrogen-bond acceptors (Lipinski definition) is 6. The third kappa shape index (κ3) is 2.70. The van der Waals surface area contributed by atoms with Crippen LogP contribution in [0.5, 0.6) is 0 Å². The van der Waals surface area contributed by atoms with Crippen molar-refractivity contribution in [2.45, 2.75) is 30.5 Å². The summed E-state index contributed by atoms with van der Waals surface area (Å²) < 4.78 is 6.81. The van der Waals surface area contributed by atoms with E-state index in [-0.39, 0.29) is 17.8 Å². The Balaban J connectivity index is 2.07. The fourth-order valence-electron chi connectivity index (χ4n) is 1.79. The molecule has 0 bridgehead atoms. The smallest absolute Gasteiger partial charge is 0.313 e. The summed E-state index contributed by atoms with van der Waals surface area (Å²) in [7, 11) is 0. The summed E-state index contributed by atoms with van der Waals surface area (Å²) in [6.45, 7) is 2.58. The molecule has 1 aromatic rings. The van der Waals surface area contributed by atoms with Crippen molar-refractivity contribution >= 4 is 17.7 Å². The Labute approximate surface area is 102 Å². The average molecular weight is 258 g/mol. The number of ether oxygens (including phenoxy) is 1. The van der Waals surface area contributed by atoms with Gasteiger partial charge in [0.05, 0.1) is 18.5 Å². The number of thioether (sulfide) groups is 1. The van der Waals surface area contributed by atoms with E-state index in [1.165, 1.54) is 4.68 Å². The first-order valence-corrected chi connectivity index (χ1v) is 6.23. The fraction of sp³-hybridized carbons (Fsp3) is 0.667. The van der Waals surface area contributed by atoms with Gasteiger partial charge < -0.3 is 15.7 Å². The molecular formula is C9H14N4O3S. The zero-order valence-electron chi connectivity index (χ0n) is 9.37. The van der Waals surface area contributed by atoms with E-state index in [1.807, 2.05) is 6.92 Å². The van der Waals surface area contributed by atoms with Gasteiger partial charge in [0.15, 0.2) is 5.82 Å². The summed E-state index contributed by atoms with van der Waals surface area (Å²) in [5.74, 6) is 5.65. The lowest BCUT2D eigenvalue weighted by Gasteiger charge is -2.06. The second-order valence-electron chi connectivity index (χ2n) is 3.97. The Morgan fingerprint density at radius 3 is 3.06 bits per heavy atom. The number of aliphatic carboxylic acids is 1. The molecule has 1 saturated heterocycles. The van der Waals surface area contributed by atoms with E-state index in [0.717, 1.165) is 18.2 Å². The van der Waals surface area contributed by atoms with Crippen molar-refractivity contribution in [3.63, 3.8) is 0 Å². The average Bonchev–Trinajstić information content (AvgIpc) is 2.82. The normalized spacial score (nSPS) is 24.1. The van der Waals surface area contributed by atoms with Crippen molar-refractivity contribution < 1.29 is 14.6 Å². The van der Waals surface area contributed by atoms with Crippen molar-refractivity contribution in [3.05, 3.63) is 5.82 Å². The molecule has 7 nitrogen and oxygen atoms in total. The first kappa shape index (κ1) is 12.2. The zero-order chi connectivity index (χ0) is 12.4. The van der Waals surface area contributed by atoms with Crippen LogP contribution in [0.4, 0.5) is 0 Å². The van der Waals surface area contributed by atoms with Crippen LogP contribution in [0, 0.1) is 0 Å². The van der Waals surface area contributed by atoms with Gasteiger partial charge >= 0.3 is 5.97 Å². The van der Waals surface area contributed by atoms with E-state index >= 15 is 0 Å². The van der Waals surface area contributed by atoms with E-state index < -0.39 is 5.97 Å². The lowest BCUT2D eigenvalue weighted by atomic mass is 10.1. The third-order valence-electron chi connectivity index (χ3n) is 2.58. The number of rotatable bonds is 4. The molecular weight excluding hydrogens is 244 g/mol. The third-order valence-corrected chi connectivity index (χ3v) is 3.51. The van der Waals surface area contributed by atoms with Crippen LogP contribution in [-0.4, -0.2) is 44.4 Å². The molecule has 1 aliphatic rings. The predicted octanol–water partition coefficient (Wildman–Crippen LogP) is 0.0610. The quantitative estimate of drug-likeness (QED) is 0.581. The number of nitrogens with two attached hydrogens (primary N) is 1. The Morgan fingerprint density at radius 1 is 1.71 bits per heavy atom. The molecule has 0 aliphatic carbocycles. The molecule has 2 heterocycles. The van der Waals surface area contributed by atoms with Crippen molar-refractivity contribution in [2.75, 3.05) is 18.2 Å². The summed E-state index contributed by atoms with van der Waals surface area (Å²) in [6, 6.07) is 0. The highest BCUT2D eigenvalue weighted by Crippen LogP contribution is 2.28. The molecule has 1 fully saturated rings. The van der Waals surface area contributed by atoms with Gasteiger partial charge in [-0.15, -0.1) is 10.2 Å². The second-order valence-corrected chi connectivity index (χ2v) is 4.91. The first-order chi connectivity index (χ1) is 8.08. The first-order valence-electron chi connectivity index (χ1n) is 5.24. The molecule has 8 heteroatoms. The molecule has 94 valence electrons. The van der Waals surface area contributed by atoms with Gasteiger partial charge in [0.25, 0.3) is 0 Å². The number of nitrogen functional groups attached to an aromatic ring is 1. The van der Waals surface area contributed by atoms with Gasteiger partial charge in [0.2, 0.25) is 5.16 Å². The van der Waals surface area contributed by atoms with Crippen LogP contribution in [0.3, 0.4) is 0 Å². The molecule has 0 saturated carbocycles. The molecule has 0 aromatic carbocycles. The van der Waals surface area contributed by atoms with Crippen LogP contribution >= 0.6 is 11.8 Å². The number of hydrogen-bond donors (Lipinski definition) is 2. The topological polar surface area (TPSA) is 103 Å². The molecule has 0 amide bonds. The van der Waals surface area contributed by atoms with Gasteiger partial charge in [0.1, 0.15) is 0 Å². The minimum atomic E-state index is -0.905. The van der Waals surface area contributed by atoms with E-state index in [1.54, 1.807) is 0 Å².